The quantitative estimate of drug-likeness (QED) is 0.381. The number of nitrogens with zero attached hydrogens (tertiary/aromatic N) is 2. The third kappa shape index (κ3) is 5.84. The fourth-order valence-corrected chi connectivity index (χ4v) is 3.61. The minimum Gasteiger partial charge on any atom is -0.347 e. The Morgan fingerprint density at radius 3 is 2.31 bits per heavy atom. The number of carbonyl (C=O) groups is 2. The number of carbonyl (C=O) groups excluding carboxylic acids is 2. The van der Waals surface area contributed by atoms with Crippen molar-refractivity contribution < 1.29 is 27.2 Å². The molecule has 0 bridgehead atoms. The highest BCUT2D eigenvalue weighted by Crippen LogP contribution is 2.23. The summed E-state index contributed by atoms with van der Waals surface area (Å²) in [7, 11) is 0. The van der Waals surface area contributed by atoms with Gasteiger partial charge in [0, 0.05) is 16.9 Å². The van der Waals surface area contributed by atoms with Gasteiger partial charge in [-0.3, -0.25) is 14.2 Å². The first-order valence-electron chi connectivity index (χ1n) is 10.6. The molecule has 4 rings (SSSR count). The summed E-state index contributed by atoms with van der Waals surface area (Å²) in [6.45, 7) is 0.429. The number of hydrogen-bond acceptors (Lipinski definition) is 3. The van der Waals surface area contributed by atoms with E-state index < -0.39 is 18.6 Å². The summed E-state index contributed by atoms with van der Waals surface area (Å²) < 4.78 is 51.8. The van der Waals surface area contributed by atoms with Gasteiger partial charge in [-0.1, -0.05) is 12.1 Å². The van der Waals surface area contributed by atoms with Crippen molar-refractivity contribution in [3.8, 4) is 5.69 Å². The molecule has 1 heterocycles. The molecule has 0 radical (unpaired) electrons. The molecule has 0 saturated heterocycles. The van der Waals surface area contributed by atoms with E-state index in [9.17, 15) is 27.2 Å². The molecule has 4 aromatic rings. The molecule has 0 atom stereocenters. The maximum absolute atomic E-state index is 13.3. The van der Waals surface area contributed by atoms with Crippen LogP contribution in [0.1, 0.15) is 21.7 Å². The Morgan fingerprint density at radius 2 is 1.66 bits per heavy atom. The van der Waals surface area contributed by atoms with E-state index in [-0.39, 0.29) is 18.1 Å². The first kappa shape index (κ1) is 23.9. The third-order valence-electron chi connectivity index (χ3n) is 5.23. The van der Waals surface area contributed by atoms with Crippen LogP contribution in [-0.2, 0) is 11.2 Å². The molecule has 180 valence electrons. The molecule has 2 amide bonds. The van der Waals surface area contributed by atoms with Crippen LogP contribution >= 0.6 is 0 Å². The molecule has 0 aliphatic rings. The molecule has 0 aliphatic carbocycles. The number of anilines is 1. The maximum Gasteiger partial charge on any atom is 0.405 e. The van der Waals surface area contributed by atoms with E-state index in [0.717, 1.165) is 0 Å². The first-order valence-corrected chi connectivity index (χ1v) is 10.6. The van der Waals surface area contributed by atoms with Crippen molar-refractivity contribution >= 4 is 28.5 Å². The first-order chi connectivity index (χ1) is 16.6. The topological polar surface area (TPSA) is 76.0 Å². The number of imidazole rings is 1. The molecule has 35 heavy (non-hydrogen) atoms. The summed E-state index contributed by atoms with van der Waals surface area (Å²) in [5, 5.41) is 4.57. The molecule has 3 aromatic carbocycles. The van der Waals surface area contributed by atoms with E-state index >= 15 is 0 Å². The number of halogens is 4. The van der Waals surface area contributed by atoms with Crippen LogP contribution in [-0.4, -0.2) is 34.1 Å². The third-order valence-corrected chi connectivity index (χ3v) is 5.23. The monoisotopic (exact) mass is 484 g/mol. The van der Waals surface area contributed by atoms with Crippen LogP contribution in [0.5, 0.6) is 0 Å². The average Bonchev–Trinajstić information content (AvgIpc) is 3.14. The maximum atomic E-state index is 13.3. The molecule has 2 N–H and O–H groups in total. The fraction of sp³-hybridized carbons (Fsp3) is 0.160. The number of nitrogens with one attached hydrogen (secondary N) is 2. The van der Waals surface area contributed by atoms with Gasteiger partial charge in [0.2, 0.25) is 5.91 Å². The number of hydrogen-bond donors (Lipinski definition) is 2. The van der Waals surface area contributed by atoms with E-state index in [1.165, 1.54) is 12.1 Å². The minimum atomic E-state index is -4.47. The Labute approximate surface area is 197 Å². The van der Waals surface area contributed by atoms with E-state index in [1.54, 1.807) is 54.6 Å². The Kier molecular flexibility index (Phi) is 6.54. The molecule has 0 unspecified atom stereocenters. The zero-order valence-electron chi connectivity index (χ0n) is 18.5. The van der Waals surface area contributed by atoms with Gasteiger partial charge in [0.05, 0.1) is 17.5 Å². The van der Waals surface area contributed by atoms with E-state index in [2.05, 4.69) is 10.3 Å². The lowest BCUT2D eigenvalue weighted by Crippen LogP contribution is -2.34. The van der Waals surface area contributed by atoms with Crippen LogP contribution in [0.25, 0.3) is 16.7 Å². The molecule has 0 spiro atoms. The Balaban J connectivity index is 1.47. The van der Waals surface area contributed by atoms with Crippen molar-refractivity contribution in [1.82, 2.24) is 14.9 Å². The Hall–Kier alpha value is -4.21. The number of alkyl halides is 3. The fourth-order valence-electron chi connectivity index (χ4n) is 3.61. The predicted octanol–water partition coefficient (Wildman–Crippen LogP) is 4.95. The lowest BCUT2D eigenvalue weighted by Gasteiger charge is -2.10. The summed E-state index contributed by atoms with van der Waals surface area (Å²) in [6.07, 6.45) is -4.68. The van der Waals surface area contributed by atoms with Crippen molar-refractivity contribution in [3.05, 3.63) is 89.5 Å². The van der Waals surface area contributed by atoms with Gasteiger partial charge in [-0.05, 0) is 67.1 Å². The largest absolute Gasteiger partial charge is 0.405 e. The van der Waals surface area contributed by atoms with Crippen molar-refractivity contribution in [2.45, 2.75) is 19.5 Å². The van der Waals surface area contributed by atoms with Crippen LogP contribution in [0.3, 0.4) is 0 Å². The molecular formula is C25H20F4N4O2. The minimum absolute atomic E-state index is 0.215. The zero-order chi connectivity index (χ0) is 25.2. The molecule has 0 saturated carbocycles. The highest BCUT2D eigenvalue weighted by molar-refractivity contribution is 6.06. The van der Waals surface area contributed by atoms with Gasteiger partial charge in [-0.15, -0.1) is 0 Å². The second-order valence-electron chi connectivity index (χ2n) is 7.89. The Morgan fingerprint density at radius 1 is 0.971 bits per heavy atom. The number of aryl methyl sites for hydroxylation is 1. The number of benzene rings is 3. The normalized spacial score (nSPS) is 11.5. The van der Waals surface area contributed by atoms with Crippen molar-refractivity contribution in [2.24, 2.45) is 0 Å². The van der Waals surface area contributed by atoms with Gasteiger partial charge in [0.1, 0.15) is 18.2 Å². The van der Waals surface area contributed by atoms with Gasteiger partial charge in [-0.2, -0.15) is 13.2 Å². The van der Waals surface area contributed by atoms with Crippen LogP contribution in [0, 0.1) is 12.7 Å². The van der Waals surface area contributed by atoms with Crippen LogP contribution < -0.4 is 10.6 Å². The van der Waals surface area contributed by atoms with Crippen LogP contribution in [0.4, 0.5) is 23.2 Å². The molecule has 0 fully saturated rings. The number of amides is 2. The number of rotatable bonds is 6. The molecule has 0 aliphatic heterocycles. The SMILES string of the molecule is Cc1nc2ccc(C(=O)Nc3ccc(CC(=O)NCC(F)(F)F)cc3)cc2n1-c1ccc(F)cc1. The molecule has 6 nitrogen and oxygen atoms in total. The second-order valence-corrected chi connectivity index (χ2v) is 7.89. The lowest BCUT2D eigenvalue weighted by molar-refractivity contribution is -0.138. The summed E-state index contributed by atoms with van der Waals surface area (Å²) in [6, 6.07) is 17.2. The lowest BCUT2D eigenvalue weighted by atomic mass is 10.1. The summed E-state index contributed by atoms with van der Waals surface area (Å²) in [4.78, 5) is 29.0. The number of aromatic nitrogens is 2. The van der Waals surface area contributed by atoms with Gasteiger partial charge in [0.15, 0.2) is 0 Å². The summed E-state index contributed by atoms with van der Waals surface area (Å²) in [5.74, 6) is -0.810. The van der Waals surface area contributed by atoms with Gasteiger partial charge in [-0.25, -0.2) is 9.37 Å². The van der Waals surface area contributed by atoms with Crippen molar-refractivity contribution in [2.75, 3.05) is 11.9 Å². The van der Waals surface area contributed by atoms with Crippen molar-refractivity contribution in [3.63, 3.8) is 0 Å². The number of fused-ring (bicyclic) bond motifs is 1. The molecule has 10 heteroatoms. The highest BCUT2D eigenvalue weighted by Gasteiger charge is 2.27. The summed E-state index contributed by atoms with van der Waals surface area (Å²) in [5.41, 5.74) is 3.40. The van der Waals surface area contributed by atoms with E-state index in [1.807, 2.05) is 16.8 Å². The highest BCUT2D eigenvalue weighted by atomic mass is 19.4. The van der Waals surface area contributed by atoms with E-state index in [0.29, 0.717) is 39.4 Å². The predicted molar refractivity (Wildman–Crippen MR) is 123 cm³/mol. The molecular weight excluding hydrogens is 464 g/mol. The van der Waals surface area contributed by atoms with Gasteiger partial charge >= 0.3 is 6.18 Å². The van der Waals surface area contributed by atoms with Gasteiger partial charge < -0.3 is 10.6 Å². The van der Waals surface area contributed by atoms with E-state index in [4.69, 9.17) is 0 Å². The summed E-state index contributed by atoms with van der Waals surface area (Å²) >= 11 is 0. The van der Waals surface area contributed by atoms with Gasteiger partial charge in [0.25, 0.3) is 5.91 Å². The Bertz CT molecular complexity index is 1380. The zero-order valence-corrected chi connectivity index (χ0v) is 18.5. The standard InChI is InChI=1S/C25H20F4N4O2/c1-15-31-21-11-4-17(13-22(21)33(15)20-9-5-18(26)6-10-20)24(35)32-19-7-2-16(3-8-19)12-23(34)30-14-25(27,28)29/h2-11,13H,12,14H2,1H3,(H,30,34)(H,32,35). The average molecular weight is 484 g/mol. The van der Waals surface area contributed by atoms with Crippen molar-refractivity contribution in [1.29, 1.82) is 0 Å². The second kappa shape index (κ2) is 9.57. The van der Waals surface area contributed by atoms with Crippen LogP contribution in [0.2, 0.25) is 0 Å². The molecule has 1 aromatic heterocycles. The smallest absolute Gasteiger partial charge is 0.347 e. The van der Waals surface area contributed by atoms with Crippen LogP contribution in [0.15, 0.2) is 66.7 Å².